The van der Waals surface area contributed by atoms with Crippen molar-refractivity contribution in [3.8, 4) is 0 Å². The van der Waals surface area contributed by atoms with Crippen LogP contribution in [0.2, 0.25) is 0 Å². The molecule has 3 heterocycles. The zero-order chi connectivity index (χ0) is 17.9. The Morgan fingerprint density at radius 1 is 1.12 bits per heavy atom. The summed E-state index contributed by atoms with van der Waals surface area (Å²) in [5.74, 6) is 0.424. The van der Waals surface area contributed by atoms with Crippen LogP contribution in [0.4, 0.5) is 22.0 Å². The highest BCUT2D eigenvalue weighted by Gasteiger charge is 2.31. The van der Waals surface area contributed by atoms with Crippen molar-refractivity contribution in [2.24, 2.45) is 0 Å². The van der Waals surface area contributed by atoms with E-state index >= 15 is 0 Å². The fraction of sp³-hybridized carbons (Fsp3) is 0.316. The Labute approximate surface area is 151 Å². The lowest BCUT2D eigenvalue weighted by molar-refractivity contribution is -0.124. The van der Waals surface area contributed by atoms with Gasteiger partial charge >= 0.3 is 6.03 Å². The molecular formula is C19H20N4O3. The van der Waals surface area contributed by atoms with Crippen LogP contribution in [0.1, 0.15) is 12.8 Å². The summed E-state index contributed by atoms with van der Waals surface area (Å²) >= 11 is 0. The number of carbonyl (C=O) groups excluding carboxylic acids is 2. The highest BCUT2D eigenvalue weighted by atomic mass is 16.5. The van der Waals surface area contributed by atoms with Crippen LogP contribution in [0.25, 0.3) is 0 Å². The summed E-state index contributed by atoms with van der Waals surface area (Å²) in [4.78, 5) is 32.5. The van der Waals surface area contributed by atoms with Gasteiger partial charge in [-0.1, -0.05) is 18.2 Å². The molecule has 7 nitrogen and oxygen atoms in total. The zero-order valence-corrected chi connectivity index (χ0v) is 14.3. The first-order chi connectivity index (χ1) is 12.7. The number of carbonyl (C=O) groups is 2. The van der Waals surface area contributed by atoms with Gasteiger partial charge in [-0.25, -0.2) is 9.78 Å². The molecular weight excluding hydrogens is 332 g/mol. The predicted octanol–water partition coefficient (Wildman–Crippen LogP) is 2.65. The topological polar surface area (TPSA) is 74.8 Å². The lowest BCUT2D eigenvalue weighted by atomic mass is 10.2. The van der Waals surface area contributed by atoms with Crippen LogP contribution >= 0.6 is 0 Å². The first-order valence-corrected chi connectivity index (χ1v) is 8.75. The van der Waals surface area contributed by atoms with Gasteiger partial charge in [0.2, 0.25) is 0 Å². The first-order valence-electron chi connectivity index (χ1n) is 8.75. The summed E-state index contributed by atoms with van der Waals surface area (Å²) < 4.78 is 5.37. The van der Waals surface area contributed by atoms with E-state index in [1.165, 1.54) is 0 Å². The molecule has 0 aliphatic carbocycles. The Balaban J connectivity index is 1.42. The maximum Gasteiger partial charge on any atom is 0.330 e. The number of benzene rings is 1. The van der Waals surface area contributed by atoms with E-state index in [1.807, 2.05) is 30.3 Å². The number of ether oxygens (including phenoxy) is 1. The van der Waals surface area contributed by atoms with Crippen LogP contribution in [0.15, 0.2) is 48.7 Å². The van der Waals surface area contributed by atoms with E-state index in [4.69, 9.17) is 4.74 Å². The van der Waals surface area contributed by atoms with Crippen LogP contribution in [0, 0.1) is 0 Å². The second-order valence-electron chi connectivity index (χ2n) is 6.32. The Bertz CT molecular complexity index is 788. The molecule has 4 rings (SSSR count). The van der Waals surface area contributed by atoms with Crippen LogP contribution in [-0.2, 0) is 9.53 Å². The molecule has 134 valence electrons. The standard InChI is InChI=1S/C19H20N4O3/c24-18(16-7-4-12-26-16)21-14-8-9-17(20-13-14)23-11-10-22(19(23)25)15-5-2-1-3-6-15/h1-3,5-6,8-9,13,16H,4,7,10-12H2,(H,21,24)/t16-/m1/s1. The number of aromatic nitrogens is 1. The third kappa shape index (κ3) is 3.25. The quantitative estimate of drug-likeness (QED) is 0.918. The van der Waals surface area contributed by atoms with Crippen molar-refractivity contribution >= 4 is 29.1 Å². The van der Waals surface area contributed by atoms with Crippen LogP contribution in [-0.4, -0.2) is 42.7 Å². The lowest BCUT2D eigenvalue weighted by Gasteiger charge is -2.18. The fourth-order valence-electron chi connectivity index (χ4n) is 3.22. The number of anilines is 3. The number of nitrogens with one attached hydrogen (secondary N) is 1. The summed E-state index contributed by atoms with van der Waals surface area (Å²) in [7, 11) is 0. The molecule has 2 aromatic rings. The minimum absolute atomic E-state index is 0.0974. The number of urea groups is 1. The van der Waals surface area contributed by atoms with Crippen molar-refractivity contribution in [1.29, 1.82) is 0 Å². The SMILES string of the molecule is O=C(Nc1ccc(N2CCN(c3ccccc3)C2=O)nc1)[C@H]1CCCO1. The van der Waals surface area contributed by atoms with Crippen molar-refractivity contribution in [2.75, 3.05) is 34.8 Å². The first kappa shape index (κ1) is 16.5. The molecule has 2 aliphatic heterocycles. The highest BCUT2D eigenvalue weighted by molar-refractivity contribution is 6.05. The molecule has 2 aliphatic rings. The molecule has 3 amide bonds. The molecule has 0 spiro atoms. The van der Waals surface area contributed by atoms with Crippen LogP contribution < -0.4 is 15.1 Å². The van der Waals surface area contributed by atoms with Gasteiger partial charge in [0.25, 0.3) is 5.91 Å². The van der Waals surface area contributed by atoms with Crippen molar-refractivity contribution in [3.05, 3.63) is 48.7 Å². The average molecular weight is 352 g/mol. The number of rotatable bonds is 4. The Morgan fingerprint density at radius 2 is 1.92 bits per heavy atom. The van der Waals surface area contributed by atoms with Gasteiger partial charge in [0.1, 0.15) is 11.9 Å². The number of hydrogen-bond donors (Lipinski definition) is 1. The van der Waals surface area contributed by atoms with E-state index in [-0.39, 0.29) is 18.0 Å². The third-order valence-corrected chi connectivity index (χ3v) is 4.59. The molecule has 1 N–H and O–H groups in total. The number of pyridine rings is 1. The largest absolute Gasteiger partial charge is 0.368 e. The maximum absolute atomic E-state index is 12.7. The van der Waals surface area contributed by atoms with E-state index < -0.39 is 0 Å². The summed E-state index contributed by atoms with van der Waals surface area (Å²) in [6, 6.07) is 13.0. The molecule has 0 radical (unpaired) electrons. The summed E-state index contributed by atoms with van der Waals surface area (Å²) in [6.07, 6.45) is 2.84. The van der Waals surface area contributed by atoms with Gasteiger partial charge in [-0.05, 0) is 37.1 Å². The number of para-hydroxylation sites is 1. The summed E-state index contributed by atoms with van der Waals surface area (Å²) in [5, 5.41) is 2.81. The molecule has 7 heteroatoms. The van der Waals surface area contributed by atoms with Gasteiger partial charge in [0.15, 0.2) is 0 Å². The van der Waals surface area contributed by atoms with Gasteiger partial charge in [-0.2, -0.15) is 0 Å². The Kier molecular flexibility index (Phi) is 4.53. The summed E-state index contributed by atoms with van der Waals surface area (Å²) in [5.41, 5.74) is 1.47. The molecule has 2 fully saturated rings. The van der Waals surface area contributed by atoms with E-state index in [0.29, 0.717) is 31.2 Å². The van der Waals surface area contributed by atoms with E-state index in [0.717, 1.165) is 18.5 Å². The lowest BCUT2D eigenvalue weighted by Crippen LogP contribution is -2.32. The second-order valence-corrected chi connectivity index (χ2v) is 6.32. The predicted molar refractivity (Wildman–Crippen MR) is 98.4 cm³/mol. The minimum Gasteiger partial charge on any atom is -0.368 e. The second kappa shape index (κ2) is 7.13. The van der Waals surface area contributed by atoms with Crippen molar-refractivity contribution in [3.63, 3.8) is 0 Å². The van der Waals surface area contributed by atoms with E-state index in [1.54, 1.807) is 28.1 Å². The van der Waals surface area contributed by atoms with Gasteiger partial charge in [0.05, 0.1) is 11.9 Å². The molecule has 0 bridgehead atoms. The van der Waals surface area contributed by atoms with Crippen LogP contribution in [0.5, 0.6) is 0 Å². The molecule has 0 unspecified atom stereocenters. The molecule has 26 heavy (non-hydrogen) atoms. The van der Waals surface area contributed by atoms with Crippen molar-refractivity contribution in [1.82, 2.24) is 4.98 Å². The monoisotopic (exact) mass is 352 g/mol. The number of amides is 3. The van der Waals surface area contributed by atoms with Crippen LogP contribution in [0.3, 0.4) is 0 Å². The van der Waals surface area contributed by atoms with Crippen molar-refractivity contribution < 1.29 is 14.3 Å². The van der Waals surface area contributed by atoms with E-state index in [2.05, 4.69) is 10.3 Å². The average Bonchev–Trinajstić information content (AvgIpc) is 3.33. The van der Waals surface area contributed by atoms with Gasteiger partial charge < -0.3 is 10.1 Å². The molecule has 1 atom stereocenters. The molecule has 2 saturated heterocycles. The maximum atomic E-state index is 12.7. The van der Waals surface area contributed by atoms with E-state index in [9.17, 15) is 9.59 Å². The van der Waals surface area contributed by atoms with Crippen molar-refractivity contribution in [2.45, 2.75) is 18.9 Å². The van der Waals surface area contributed by atoms with Gasteiger partial charge in [-0.3, -0.25) is 14.6 Å². The summed E-state index contributed by atoms with van der Waals surface area (Å²) in [6.45, 7) is 1.81. The highest BCUT2D eigenvalue weighted by Crippen LogP contribution is 2.24. The molecule has 1 aromatic carbocycles. The fourth-order valence-corrected chi connectivity index (χ4v) is 3.22. The van der Waals surface area contributed by atoms with Gasteiger partial charge in [0, 0.05) is 25.4 Å². The number of nitrogens with zero attached hydrogens (tertiary/aromatic N) is 3. The number of hydrogen-bond acceptors (Lipinski definition) is 4. The molecule has 0 saturated carbocycles. The minimum atomic E-state index is -0.380. The normalized spacial score (nSPS) is 19.8. The Hall–Kier alpha value is -2.93. The zero-order valence-electron chi connectivity index (χ0n) is 14.3. The third-order valence-electron chi connectivity index (χ3n) is 4.59. The van der Waals surface area contributed by atoms with Gasteiger partial charge in [-0.15, -0.1) is 0 Å². The molecule has 1 aromatic heterocycles. The Morgan fingerprint density at radius 3 is 2.62 bits per heavy atom. The smallest absolute Gasteiger partial charge is 0.330 e.